The van der Waals surface area contributed by atoms with Crippen molar-refractivity contribution in [2.75, 3.05) is 26.2 Å². The summed E-state index contributed by atoms with van der Waals surface area (Å²) >= 11 is 0. The van der Waals surface area contributed by atoms with Crippen LogP contribution < -0.4 is 0 Å². The summed E-state index contributed by atoms with van der Waals surface area (Å²) in [5, 5.41) is 0. The third kappa shape index (κ3) is 16.5. The van der Waals surface area contributed by atoms with E-state index in [9.17, 15) is 9.59 Å². The van der Waals surface area contributed by atoms with Gasteiger partial charge in [-0.3, -0.25) is 9.59 Å². The van der Waals surface area contributed by atoms with Crippen molar-refractivity contribution in [1.29, 1.82) is 0 Å². The molecule has 0 atom stereocenters. The molecule has 0 bridgehead atoms. The maximum absolute atomic E-state index is 12.1. The van der Waals surface area contributed by atoms with Gasteiger partial charge in [0, 0.05) is 38.0 Å². The summed E-state index contributed by atoms with van der Waals surface area (Å²) in [7, 11) is 0. The molecule has 196 valence electrons. The Morgan fingerprint density at radius 3 is 1.50 bits per heavy atom. The molecule has 4 nitrogen and oxygen atoms in total. The minimum atomic E-state index is -0.107. The van der Waals surface area contributed by atoms with Crippen molar-refractivity contribution in [3.05, 3.63) is 97.3 Å². The summed E-state index contributed by atoms with van der Waals surface area (Å²) in [5.41, 5.74) is 1.13. The third-order valence-corrected chi connectivity index (χ3v) is 5.70. The quantitative estimate of drug-likeness (QED) is 0.159. The fourth-order valence-electron chi connectivity index (χ4n) is 3.58. The molecule has 1 rings (SSSR count). The van der Waals surface area contributed by atoms with Crippen LogP contribution in [0.25, 0.3) is 0 Å². The summed E-state index contributed by atoms with van der Waals surface area (Å²) in [6.45, 7) is 10.7. The number of rotatable bonds is 17. The highest BCUT2D eigenvalue weighted by Crippen LogP contribution is 2.14. The zero-order valence-corrected chi connectivity index (χ0v) is 22.5. The summed E-state index contributed by atoms with van der Waals surface area (Å²) in [4.78, 5) is 27.1. The Bertz CT molecular complexity index is 847. The molecular weight excluding hydrogens is 444 g/mol. The van der Waals surface area contributed by atoms with Gasteiger partial charge in [-0.1, -0.05) is 86.4 Å². The van der Waals surface area contributed by atoms with E-state index < -0.39 is 0 Å². The lowest BCUT2D eigenvalue weighted by Gasteiger charge is -2.36. The minimum absolute atomic E-state index is 0.0894. The molecular formula is C32H46N2O2. The Morgan fingerprint density at radius 1 is 0.639 bits per heavy atom. The second-order valence-electron chi connectivity index (χ2n) is 8.78. The number of carbonyl (C=O) groups excluding carboxylic acids is 2. The van der Waals surface area contributed by atoms with E-state index in [0.29, 0.717) is 13.1 Å². The van der Waals surface area contributed by atoms with Crippen LogP contribution in [0.2, 0.25) is 0 Å². The first kappa shape index (κ1) is 30.9. The van der Waals surface area contributed by atoms with Crippen LogP contribution in [0.15, 0.2) is 97.3 Å². The lowest BCUT2D eigenvalue weighted by Crippen LogP contribution is -2.47. The SMILES string of the molecule is C=C(CC/C=C\C/C=C\C/C=C\C/C=C\C/C=C\C/C=C\CC)N1CCN(C(=O)/C=C/C(C)=O)CC1. The highest BCUT2D eigenvalue weighted by Gasteiger charge is 2.20. The fraction of sp³-hybridized carbons (Fsp3) is 0.438. The molecule has 0 N–H and O–H groups in total. The van der Waals surface area contributed by atoms with Crippen molar-refractivity contribution in [2.24, 2.45) is 0 Å². The monoisotopic (exact) mass is 490 g/mol. The minimum Gasteiger partial charge on any atom is -0.372 e. The number of carbonyl (C=O) groups is 2. The van der Waals surface area contributed by atoms with Gasteiger partial charge in [-0.15, -0.1) is 0 Å². The van der Waals surface area contributed by atoms with Gasteiger partial charge in [-0.05, 0) is 64.4 Å². The van der Waals surface area contributed by atoms with Gasteiger partial charge in [0.15, 0.2) is 5.78 Å². The van der Waals surface area contributed by atoms with E-state index in [0.717, 1.165) is 70.2 Å². The second-order valence-corrected chi connectivity index (χ2v) is 8.78. The molecule has 1 heterocycles. The number of hydrogen-bond acceptors (Lipinski definition) is 3. The molecule has 0 saturated carbocycles. The first-order valence-electron chi connectivity index (χ1n) is 13.3. The number of allylic oxidation sites excluding steroid dienone is 14. The molecule has 0 aromatic carbocycles. The first-order chi connectivity index (χ1) is 17.5. The van der Waals surface area contributed by atoms with Gasteiger partial charge in [0.05, 0.1) is 0 Å². The molecule has 4 heteroatoms. The van der Waals surface area contributed by atoms with Gasteiger partial charge >= 0.3 is 0 Å². The van der Waals surface area contributed by atoms with Crippen molar-refractivity contribution in [3.63, 3.8) is 0 Å². The van der Waals surface area contributed by atoms with Crippen LogP contribution in [0.4, 0.5) is 0 Å². The average Bonchev–Trinajstić information content (AvgIpc) is 2.88. The van der Waals surface area contributed by atoms with Crippen LogP contribution in [-0.2, 0) is 9.59 Å². The van der Waals surface area contributed by atoms with Crippen molar-refractivity contribution in [1.82, 2.24) is 9.80 Å². The molecule has 1 saturated heterocycles. The molecule has 0 aromatic heterocycles. The molecule has 36 heavy (non-hydrogen) atoms. The smallest absolute Gasteiger partial charge is 0.246 e. The topological polar surface area (TPSA) is 40.6 Å². The number of hydrogen-bond donors (Lipinski definition) is 0. The van der Waals surface area contributed by atoms with Gasteiger partial charge in [0.1, 0.15) is 0 Å². The Morgan fingerprint density at radius 2 is 1.06 bits per heavy atom. The summed E-state index contributed by atoms with van der Waals surface area (Å²) < 4.78 is 0. The van der Waals surface area contributed by atoms with Crippen LogP contribution in [0.3, 0.4) is 0 Å². The Hall–Kier alpha value is -3.14. The van der Waals surface area contributed by atoms with Gasteiger partial charge < -0.3 is 9.80 Å². The zero-order valence-electron chi connectivity index (χ0n) is 22.5. The van der Waals surface area contributed by atoms with Crippen molar-refractivity contribution in [3.8, 4) is 0 Å². The van der Waals surface area contributed by atoms with Crippen LogP contribution in [0, 0.1) is 0 Å². The molecule has 1 fully saturated rings. The zero-order chi connectivity index (χ0) is 26.3. The van der Waals surface area contributed by atoms with E-state index in [4.69, 9.17) is 0 Å². The lowest BCUT2D eigenvalue weighted by molar-refractivity contribution is -0.127. The van der Waals surface area contributed by atoms with E-state index in [-0.39, 0.29) is 11.7 Å². The molecule has 1 aliphatic heterocycles. The summed E-state index contributed by atoms with van der Waals surface area (Å²) in [6.07, 6.45) is 37.2. The van der Waals surface area contributed by atoms with Crippen molar-refractivity contribution < 1.29 is 9.59 Å². The molecule has 0 unspecified atom stereocenters. The molecule has 0 aliphatic carbocycles. The maximum Gasteiger partial charge on any atom is 0.246 e. The van der Waals surface area contributed by atoms with Gasteiger partial charge in [0.2, 0.25) is 5.91 Å². The normalized spacial score (nSPS) is 15.4. The highest BCUT2D eigenvalue weighted by molar-refractivity contribution is 5.96. The summed E-state index contributed by atoms with van der Waals surface area (Å²) in [5.74, 6) is -0.196. The number of ketones is 1. The Labute approximate surface area is 219 Å². The first-order valence-corrected chi connectivity index (χ1v) is 13.3. The highest BCUT2D eigenvalue weighted by atomic mass is 16.2. The van der Waals surface area contributed by atoms with E-state index in [1.54, 1.807) is 4.90 Å². The molecule has 1 aliphatic rings. The van der Waals surface area contributed by atoms with Crippen LogP contribution >= 0.6 is 0 Å². The molecule has 0 radical (unpaired) electrons. The molecule has 1 amide bonds. The van der Waals surface area contributed by atoms with Gasteiger partial charge in [0.25, 0.3) is 0 Å². The van der Waals surface area contributed by atoms with E-state index in [2.05, 4.69) is 91.3 Å². The van der Waals surface area contributed by atoms with Crippen molar-refractivity contribution >= 4 is 11.7 Å². The predicted molar refractivity (Wildman–Crippen MR) is 155 cm³/mol. The number of nitrogens with zero attached hydrogens (tertiary/aromatic N) is 2. The third-order valence-electron chi connectivity index (χ3n) is 5.70. The van der Waals surface area contributed by atoms with Crippen LogP contribution in [0.1, 0.15) is 65.2 Å². The van der Waals surface area contributed by atoms with Gasteiger partial charge in [-0.25, -0.2) is 0 Å². The average molecular weight is 491 g/mol. The van der Waals surface area contributed by atoms with Crippen LogP contribution in [-0.4, -0.2) is 47.7 Å². The Balaban J connectivity index is 2.07. The fourth-order valence-corrected chi connectivity index (χ4v) is 3.58. The lowest BCUT2D eigenvalue weighted by atomic mass is 10.2. The van der Waals surface area contributed by atoms with E-state index >= 15 is 0 Å². The maximum atomic E-state index is 12.1. The van der Waals surface area contributed by atoms with Crippen LogP contribution in [0.5, 0.6) is 0 Å². The van der Waals surface area contributed by atoms with Crippen molar-refractivity contribution in [2.45, 2.75) is 65.2 Å². The van der Waals surface area contributed by atoms with E-state index in [1.165, 1.54) is 19.1 Å². The second kappa shape index (κ2) is 21.2. The predicted octanol–water partition coefficient (Wildman–Crippen LogP) is 7.27. The number of amides is 1. The molecule has 0 aromatic rings. The Kier molecular flexibility index (Phi) is 18.2. The molecule has 0 spiro atoms. The number of piperazine rings is 1. The van der Waals surface area contributed by atoms with Gasteiger partial charge in [-0.2, -0.15) is 0 Å². The standard InChI is InChI=1S/C32H46N2O2/c1-4-5-6-7-8-9-10-11-12-13-14-15-16-17-18-19-20-21-22-23-30(2)33-26-28-34(29-27-33)32(36)25-24-31(3)35/h5-6,8-9,11-12,14-15,17-18,20-21,24-25H,2,4,7,10,13,16,19,22-23,26-29H2,1,3H3/b6-5-,9-8-,12-11-,15-14-,18-17-,21-20-,25-24+. The largest absolute Gasteiger partial charge is 0.372 e. The summed E-state index contributed by atoms with van der Waals surface area (Å²) in [6, 6.07) is 0. The van der Waals surface area contributed by atoms with E-state index in [1.807, 2.05) is 0 Å².